The number of benzene rings is 1. The molecule has 1 heterocycles. The number of carboxylic acid groups (broad SMARTS) is 1. The molecule has 0 aromatic heterocycles. The monoisotopic (exact) mass is 294 g/mol. The van der Waals surface area contributed by atoms with Crippen molar-refractivity contribution in [3.05, 3.63) is 33.9 Å². The second-order valence-corrected chi connectivity index (χ2v) is 5.04. The zero-order valence-corrected chi connectivity index (χ0v) is 11.7. The van der Waals surface area contributed by atoms with E-state index < -0.39 is 10.9 Å². The average molecular weight is 294 g/mol. The summed E-state index contributed by atoms with van der Waals surface area (Å²) in [5.74, 6) is -0.859. The fourth-order valence-corrected chi connectivity index (χ4v) is 2.60. The Hall–Kier alpha value is -2.15. The molecule has 1 aliphatic heterocycles. The second kappa shape index (κ2) is 6.53. The molecule has 0 radical (unpaired) electrons. The molecule has 7 heteroatoms. The van der Waals surface area contributed by atoms with E-state index in [1.165, 1.54) is 12.1 Å². The van der Waals surface area contributed by atoms with Crippen LogP contribution in [0.1, 0.15) is 30.1 Å². The maximum absolute atomic E-state index is 11.2. The lowest BCUT2D eigenvalue weighted by Gasteiger charge is -2.18. The summed E-state index contributed by atoms with van der Waals surface area (Å²) < 4.78 is 5.59. The molecule has 0 bridgehead atoms. The molecule has 1 fully saturated rings. The van der Waals surface area contributed by atoms with Gasteiger partial charge in [-0.15, -0.1) is 0 Å². The minimum Gasteiger partial charge on any atom is -0.478 e. The van der Waals surface area contributed by atoms with Crippen molar-refractivity contribution in [2.24, 2.45) is 5.92 Å². The van der Waals surface area contributed by atoms with Gasteiger partial charge in [0.15, 0.2) is 0 Å². The van der Waals surface area contributed by atoms with Crippen LogP contribution in [0.5, 0.6) is 0 Å². The third kappa shape index (κ3) is 3.49. The van der Waals surface area contributed by atoms with Gasteiger partial charge in [0, 0.05) is 36.9 Å². The van der Waals surface area contributed by atoms with Gasteiger partial charge in [0.2, 0.25) is 0 Å². The number of aromatic carboxylic acids is 1. The third-order valence-electron chi connectivity index (χ3n) is 3.75. The van der Waals surface area contributed by atoms with Crippen LogP contribution in [0.2, 0.25) is 0 Å². The lowest BCUT2D eigenvalue weighted by Crippen LogP contribution is -2.23. The van der Waals surface area contributed by atoms with Gasteiger partial charge in [0.05, 0.1) is 16.6 Å². The summed E-state index contributed by atoms with van der Waals surface area (Å²) in [6, 6.07) is 3.82. The number of non-ortho nitro benzene ring substituents is 1. The van der Waals surface area contributed by atoms with Crippen molar-refractivity contribution in [2.75, 3.05) is 18.5 Å². The largest absolute Gasteiger partial charge is 0.478 e. The van der Waals surface area contributed by atoms with Gasteiger partial charge < -0.3 is 15.2 Å². The first-order chi connectivity index (χ1) is 10.0. The Morgan fingerprint density at radius 2 is 2.33 bits per heavy atom. The summed E-state index contributed by atoms with van der Waals surface area (Å²) in [6.45, 7) is 3.37. The lowest BCUT2D eigenvalue weighted by molar-refractivity contribution is -0.384. The third-order valence-corrected chi connectivity index (χ3v) is 3.75. The number of nitro groups is 1. The fraction of sp³-hybridized carbons (Fsp3) is 0.500. The molecule has 114 valence electrons. The molecule has 1 aliphatic rings. The highest BCUT2D eigenvalue weighted by molar-refractivity contribution is 5.95. The number of carboxylic acids is 1. The zero-order valence-electron chi connectivity index (χ0n) is 11.7. The Bertz CT molecular complexity index is 546. The number of nitrogens with zero attached hydrogens (tertiary/aromatic N) is 1. The molecule has 7 nitrogen and oxygen atoms in total. The van der Waals surface area contributed by atoms with Crippen LogP contribution in [-0.4, -0.2) is 35.3 Å². The van der Waals surface area contributed by atoms with Crippen molar-refractivity contribution < 1.29 is 19.6 Å². The van der Waals surface area contributed by atoms with Crippen LogP contribution in [0, 0.1) is 16.0 Å². The maximum Gasteiger partial charge on any atom is 0.338 e. The second-order valence-electron chi connectivity index (χ2n) is 5.04. The van der Waals surface area contributed by atoms with Gasteiger partial charge in [-0.1, -0.05) is 6.92 Å². The molecule has 1 aromatic carbocycles. The van der Waals surface area contributed by atoms with Crippen LogP contribution in [0.3, 0.4) is 0 Å². The molecule has 0 amide bonds. The number of nitrogens with one attached hydrogen (secondary N) is 1. The standard InChI is InChI=1S/C14H18N2O5/c1-2-13-9(5-6-21-13)8-15-12-4-3-10(16(19)20)7-11(12)14(17)18/h3-4,7,9,13,15H,2,5-6,8H2,1H3,(H,17,18). The van der Waals surface area contributed by atoms with Crippen molar-refractivity contribution in [3.63, 3.8) is 0 Å². The summed E-state index contributed by atoms with van der Waals surface area (Å²) >= 11 is 0. The van der Waals surface area contributed by atoms with Crippen LogP contribution < -0.4 is 5.32 Å². The lowest BCUT2D eigenvalue weighted by atomic mass is 9.99. The Morgan fingerprint density at radius 3 is 2.95 bits per heavy atom. The highest BCUT2D eigenvalue weighted by Crippen LogP contribution is 2.26. The van der Waals surface area contributed by atoms with Gasteiger partial charge in [-0.3, -0.25) is 10.1 Å². The molecule has 2 rings (SSSR count). The van der Waals surface area contributed by atoms with Crippen molar-refractivity contribution in [2.45, 2.75) is 25.9 Å². The van der Waals surface area contributed by atoms with Gasteiger partial charge >= 0.3 is 5.97 Å². The molecule has 2 atom stereocenters. The van der Waals surface area contributed by atoms with Crippen LogP contribution in [0.15, 0.2) is 18.2 Å². The van der Waals surface area contributed by atoms with E-state index in [2.05, 4.69) is 12.2 Å². The van der Waals surface area contributed by atoms with Crippen molar-refractivity contribution >= 4 is 17.3 Å². The van der Waals surface area contributed by atoms with E-state index >= 15 is 0 Å². The normalized spacial score (nSPS) is 21.2. The molecule has 0 spiro atoms. The Balaban J connectivity index is 2.12. The Morgan fingerprint density at radius 1 is 1.57 bits per heavy atom. The minimum absolute atomic E-state index is 0.0869. The van der Waals surface area contributed by atoms with E-state index in [4.69, 9.17) is 4.74 Å². The van der Waals surface area contributed by atoms with Crippen molar-refractivity contribution in [3.8, 4) is 0 Å². The molecule has 21 heavy (non-hydrogen) atoms. The molecule has 0 aliphatic carbocycles. The number of hydrogen-bond donors (Lipinski definition) is 2. The molecule has 2 unspecified atom stereocenters. The van der Waals surface area contributed by atoms with E-state index in [1.54, 1.807) is 0 Å². The van der Waals surface area contributed by atoms with Gasteiger partial charge in [0.25, 0.3) is 5.69 Å². The predicted molar refractivity (Wildman–Crippen MR) is 76.7 cm³/mol. The van der Waals surface area contributed by atoms with Crippen molar-refractivity contribution in [1.82, 2.24) is 0 Å². The number of rotatable bonds is 6. The topological polar surface area (TPSA) is 102 Å². The Kier molecular flexibility index (Phi) is 4.74. The smallest absolute Gasteiger partial charge is 0.338 e. The molecule has 1 saturated heterocycles. The molecule has 0 saturated carbocycles. The van der Waals surface area contributed by atoms with E-state index in [9.17, 15) is 20.0 Å². The number of ether oxygens (including phenoxy) is 1. The van der Waals surface area contributed by atoms with Crippen LogP contribution in [-0.2, 0) is 4.74 Å². The highest BCUT2D eigenvalue weighted by atomic mass is 16.6. The van der Waals surface area contributed by atoms with E-state index in [0.717, 1.165) is 25.5 Å². The SMILES string of the molecule is CCC1OCCC1CNc1ccc([N+](=O)[O-])cc1C(=O)O. The van der Waals surface area contributed by atoms with E-state index in [-0.39, 0.29) is 17.4 Å². The Labute approximate surface area is 122 Å². The zero-order chi connectivity index (χ0) is 15.4. The number of anilines is 1. The predicted octanol–water partition coefficient (Wildman–Crippen LogP) is 2.52. The summed E-state index contributed by atoms with van der Waals surface area (Å²) in [5.41, 5.74) is 0.0830. The highest BCUT2D eigenvalue weighted by Gasteiger charge is 2.27. The number of nitro benzene ring substituents is 1. The van der Waals surface area contributed by atoms with E-state index in [0.29, 0.717) is 18.2 Å². The molecule has 1 aromatic rings. The molecule has 2 N–H and O–H groups in total. The van der Waals surface area contributed by atoms with Gasteiger partial charge in [-0.2, -0.15) is 0 Å². The van der Waals surface area contributed by atoms with Crippen LogP contribution in [0.4, 0.5) is 11.4 Å². The quantitative estimate of drug-likeness (QED) is 0.617. The van der Waals surface area contributed by atoms with Gasteiger partial charge in [0.1, 0.15) is 0 Å². The molecular formula is C14H18N2O5. The first kappa shape index (κ1) is 15.2. The summed E-state index contributed by atoms with van der Waals surface area (Å²) in [5, 5.41) is 23.0. The van der Waals surface area contributed by atoms with Crippen molar-refractivity contribution in [1.29, 1.82) is 0 Å². The molecular weight excluding hydrogens is 276 g/mol. The number of carbonyl (C=O) groups is 1. The van der Waals surface area contributed by atoms with Crippen LogP contribution in [0.25, 0.3) is 0 Å². The van der Waals surface area contributed by atoms with Crippen LogP contribution >= 0.6 is 0 Å². The van der Waals surface area contributed by atoms with E-state index in [1.807, 2.05) is 0 Å². The average Bonchev–Trinajstić information content (AvgIpc) is 2.92. The first-order valence-electron chi connectivity index (χ1n) is 6.90. The number of hydrogen-bond acceptors (Lipinski definition) is 5. The first-order valence-corrected chi connectivity index (χ1v) is 6.90. The summed E-state index contributed by atoms with van der Waals surface area (Å²) in [4.78, 5) is 21.3. The maximum atomic E-state index is 11.2. The van der Waals surface area contributed by atoms with Gasteiger partial charge in [-0.05, 0) is 18.9 Å². The fourth-order valence-electron chi connectivity index (χ4n) is 2.60. The summed E-state index contributed by atoms with van der Waals surface area (Å²) in [6.07, 6.45) is 2.03. The van der Waals surface area contributed by atoms with Gasteiger partial charge in [-0.25, -0.2) is 4.79 Å². The summed E-state index contributed by atoms with van der Waals surface area (Å²) in [7, 11) is 0. The minimum atomic E-state index is -1.18.